The van der Waals surface area contributed by atoms with Crippen LogP contribution in [0.15, 0.2) is 29.1 Å². The highest BCUT2D eigenvalue weighted by atomic mass is 35.5. The molecule has 0 bridgehead atoms. The Morgan fingerprint density at radius 3 is 2.57 bits per heavy atom. The largest absolute Gasteiger partial charge is 0.476 e. The number of hydrogen-bond acceptors (Lipinski definition) is 8. The molecule has 2 aromatic heterocycles. The first-order chi connectivity index (χ1) is 17.6. The highest BCUT2D eigenvalue weighted by Crippen LogP contribution is 2.46. The molecule has 1 aliphatic heterocycles. The molecule has 3 heterocycles. The van der Waals surface area contributed by atoms with E-state index in [-0.39, 0.29) is 34.3 Å². The number of carbonyl (C=O) groups excluding carboxylic acids is 1. The third-order valence-corrected chi connectivity index (χ3v) is 7.39. The minimum absolute atomic E-state index is 0.0695. The van der Waals surface area contributed by atoms with Crippen LogP contribution >= 0.6 is 11.6 Å². The molecule has 4 atom stereocenters. The maximum atomic E-state index is 13.4. The normalized spacial score (nSPS) is 20.9. The second-order valence-electron chi connectivity index (χ2n) is 9.62. The van der Waals surface area contributed by atoms with Crippen molar-refractivity contribution in [2.75, 3.05) is 30.4 Å². The Bertz CT molecular complexity index is 1480. The summed E-state index contributed by atoms with van der Waals surface area (Å²) in [6, 6.07) is 6.52. The van der Waals surface area contributed by atoms with Crippen LogP contribution in [0.5, 0.6) is 0 Å². The highest BCUT2D eigenvalue weighted by molar-refractivity contribution is 6.29. The molecule has 3 N–H and O–H groups in total. The SMILES string of the molecule is COC(=O)NC1[C@H]2CN(c3nc4c(C(C)Nc5ccc(Cl)nc5C(=O)O)cc(C)cc4c(=O)n3C)C[C@@H]12. The molecule has 2 aliphatic rings. The first-order valence-electron chi connectivity index (χ1n) is 11.9. The van der Waals surface area contributed by atoms with Crippen molar-refractivity contribution in [3.05, 3.63) is 56.6 Å². The van der Waals surface area contributed by atoms with Gasteiger partial charge in [0.15, 0.2) is 5.69 Å². The van der Waals surface area contributed by atoms with Crippen molar-refractivity contribution in [1.82, 2.24) is 19.9 Å². The van der Waals surface area contributed by atoms with Gasteiger partial charge in [-0.1, -0.05) is 17.7 Å². The lowest BCUT2D eigenvalue weighted by Crippen LogP contribution is -2.37. The van der Waals surface area contributed by atoms with Gasteiger partial charge in [-0.3, -0.25) is 9.36 Å². The number of carboxylic acid groups (broad SMARTS) is 1. The molecule has 1 aromatic carbocycles. The van der Waals surface area contributed by atoms with Gasteiger partial charge < -0.3 is 25.4 Å². The zero-order chi connectivity index (χ0) is 26.6. The van der Waals surface area contributed by atoms with Gasteiger partial charge in [0.25, 0.3) is 5.56 Å². The molecule has 2 fully saturated rings. The number of alkyl carbamates (subject to hydrolysis) is 1. The van der Waals surface area contributed by atoms with Gasteiger partial charge in [0, 0.05) is 43.6 Å². The third kappa shape index (κ3) is 4.43. The number of carbonyl (C=O) groups is 2. The van der Waals surface area contributed by atoms with Crippen LogP contribution in [0, 0.1) is 18.8 Å². The van der Waals surface area contributed by atoms with E-state index >= 15 is 0 Å². The quantitative estimate of drug-likeness (QED) is 0.414. The van der Waals surface area contributed by atoms with Gasteiger partial charge in [-0.2, -0.15) is 0 Å². The molecule has 0 radical (unpaired) electrons. The molecule has 2 unspecified atom stereocenters. The number of carboxylic acids is 1. The summed E-state index contributed by atoms with van der Waals surface area (Å²) >= 11 is 5.90. The second-order valence-corrected chi connectivity index (χ2v) is 10.0. The van der Waals surface area contributed by atoms with Crippen molar-refractivity contribution >= 4 is 46.2 Å². The summed E-state index contributed by atoms with van der Waals surface area (Å²) in [4.78, 5) is 47.6. The number of fused-ring (bicyclic) bond motifs is 2. The van der Waals surface area contributed by atoms with Crippen LogP contribution in [0.3, 0.4) is 0 Å². The Labute approximate surface area is 217 Å². The molecule has 37 heavy (non-hydrogen) atoms. The Morgan fingerprint density at radius 2 is 1.92 bits per heavy atom. The number of hydrogen-bond donors (Lipinski definition) is 3. The average molecular weight is 527 g/mol. The van der Waals surface area contributed by atoms with Crippen molar-refractivity contribution in [2.45, 2.75) is 25.9 Å². The van der Waals surface area contributed by atoms with Gasteiger partial charge in [0.1, 0.15) is 5.15 Å². The molecule has 1 saturated heterocycles. The number of piperidine rings is 1. The smallest absolute Gasteiger partial charge is 0.407 e. The van der Waals surface area contributed by atoms with Gasteiger partial charge in [0.05, 0.1) is 29.7 Å². The van der Waals surface area contributed by atoms with Crippen molar-refractivity contribution in [1.29, 1.82) is 0 Å². The highest BCUT2D eigenvalue weighted by Gasteiger charge is 2.57. The summed E-state index contributed by atoms with van der Waals surface area (Å²) in [7, 11) is 3.05. The fraction of sp³-hybridized carbons (Fsp3) is 0.400. The second kappa shape index (κ2) is 9.22. The number of pyridine rings is 1. The molecule has 3 aromatic rings. The van der Waals surface area contributed by atoms with Crippen molar-refractivity contribution in [3.63, 3.8) is 0 Å². The fourth-order valence-electron chi connectivity index (χ4n) is 5.28. The molecule has 12 heteroatoms. The molecular formula is C25H27ClN6O5. The van der Waals surface area contributed by atoms with Crippen LogP contribution in [0.4, 0.5) is 16.4 Å². The van der Waals surface area contributed by atoms with E-state index in [1.54, 1.807) is 17.7 Å². The summed E-state index contributed by atoms with van der Waals surface area (Å²) in [5.41, 5.74) is 2.15. The first-order valence-corrected chi connectivity index (χ1v) is 12.2. The monoisotopic (exact) mass is 526 g/mol. The van der Waals surface area contributed by atoms with Crippen molar-refractivity contribution in [2.24, 2.45) is 18.9 Å². The molecule has 194 valence electrons. The number of benzene rings is 1. The Hall–Kier alpha value is -3.86. The number of methoxy groups -OCH3 is 1. The van der Waals surface area contributed by atoms with Crippen molar-refractivity contribution in [3.8, 4) is 0 Å². The van der Waals surface area contributed by atoms with Gasteiger partial charge in [-0.05, 0) is 37.6 Å². The predicted octanol–water partition coefficient (Wildman–Crippen LogP) is 2.95. The number of halogens is 1. The molecule has 5 rings (SSSR count). The van der Waals surface area contributed by atoms with Crippen molar-refractivity contribution < 1.29 is 19.4 Å². The molecule has 11 nitrogen and oxygen atoms in total. The van der Waals surface area contributed by atoms with E-state index in [1.807, 2.05) is 26.0 Å². The average Bonchev–Trinajstić information content (AvgIpc) is 3.28. The van der Waals surface area contributed by atoms with E-state index in [2.05, 4.69) is 20.5 Å². The molecule has 1 aliphatic carbocycles. The number of anilines is 2. The maximum Gasteiger partial charge on any atom is 0.407 e. The zero-order valence-electron chi connectivity index (χ0n) is 20.8. The lowest BCUT2D eigenvalue weighted by Gasteiger charge is -2.25. The molecule has 1 amide bonds. The van der Waals surface area contributed by atoms with Gasteiger partial charge >= 0.3 is 12.1 Å². The first kappa shape index (κ1) is 24.8. The van der Waals surface area contributed by atoms with E-state index < -0.39 is 18.1 Å². The minimum Gasteiger partial charge on any atom is -0.476 e. The van der Waals surface area contributed by atoms with Gasteiger partial charge in [-0.25, -0.2) is 19.6 Å². The molecule has 1 saturated carbocycles. The van der Waals surface area contributed by atoms with Crippen LogP contribution in [-0.4, -0.2) is 57.9 Å². The Balaban J connectivity index is 1.49. The summed E-state index contributed by atoms with van der Waals surface area (Å²) in [6.45, 7) is 5.11. The number of ether oxygens (including phenoxy) is 1. The van der Waals surface area contributed by atoms with E-state index in [0.717, 1.165) is 11.1 Å². The van der Waals surface area contributed by atoms with Crippen LogP contribution in [0.25, 0.3) is 10.9 Å². The Morgan fingerprint density at radius 1 is 1.22 bits per heavy atom. The lowest BCUT2D eigenvalue weighted by molar-refractivity contribution is 0.0691. The third-order valence-electron chi connectivity index (χ3n) is 7.18. The minimum atomic E-state index is -1.20. The van der Waals surface area contributed by atoms with Crippen LogP contribution < -0.4 is 21.1 Å². The van der Waals surface area contributed by atoms with Crippen LogP contribution in [0.1, 0.15) is 34.6 Å². The number of nitrogens with one attached hydrogen (secondary N) is 2. The summed E-state index contributed by atoms with van der Waals surface area (Å²) < 4.78 is 6.26. The fourth-order valence-corrected chi connectivity index (χ4v) is 5.43. The van der Waals surface area contributed by atoms with E-state index in [4.69, 9.17) is 21.3 Å². The number of aryl methyl sites for hydroxylation is 1. The van der Waals surface area contributed by atoms with E-state index in [1.165, 1.54) is 13.2 Å². The number of aromatic nitrogens is 3. The summed E-state index contributed by atoms with van der Waals surface area (Å²) in [6.07, 6.45) is -0.439. The molecule has 0 spiro atoms. The number of rotatable bonds is 6. The van der Waals surface area contributed by atoms with E-state index in [0.29, 0.717) is 35.6 Å². The number of aromatic carboxylic acids is 1. The molecular weight excluding hydrogens is 500 g/mol. The zero-order valence-corrected chi connectivity index (χ0v) is 21.5. The van der Waals surface area contributed by atoms with Gasteiger partial charge in [-0.15, -0.1) is 0 Å². The summed E-state index contributed by atoms with van der Waals surface area (Å²) in [5.74, 6) is -0.0976. The summed E-state index contributed by atoms with van der Waals surface area (Å²) in [5, 5.41) is 16.2. The Kier molecular flexibility index (Phi) is 6.18. The predicted molar refractivity (Wildman–Crippen MR) is 138 cm³/mol. The number of nitrogens with zero attached hydrogens (tertiary/aromatic N) is 4. The topological polar surface area (TPSA) is 139 Å². The number of amides is 1. The van der Waals surface area contributed by atoms with Gasteiger partial charge in [0.2, 0.25) is 5.95 Å². The standard InChI is InChI=1S/C25H27ClN6O5/c1-11-7-13(12(2)27-17-5-6-18(26)28-21(17)23(34)35)19-14(8-11)22(33)31(3)24(29-19)32-9-15-16(10-32)20(15)30-25(36)37-4/h5-8,12,15-16,20,27H,9-10H2,1-4H3,(H,30,36)(H,34,35)/t12?,15-,16+,20?. The van der Waals surface area contributed by atoms with Crippen LogP contribution in [0.2, 0.25) is 5.15 Å². The van der Waals surface area contributed by atoms with Crippen LogP contribution in [-0.2, 0) is 11.8 Å². The lowest BCUT2D eigenvalue weighted by atomic mass is 10.0. The van der Waals surface area contributed by atoms with E-state index in [9.17, 15) is 19.5 Å². The maximum absolute atomic E-state index is 13.4.